The van der Waals surface area contributed by atoms with Gasteiger partial charge in [0.25, 0.3) is 0 Å². The number of benzene rings is 1. The number of nitrogens with two attached hydrogens (primary N) is 1. The van der Waals surface area contributed by atoms with E-state index in [1.807, 2.05) is 12.1 Å². The Morgan fingerprint density at radius 1 is 1.47 bits per heavy atom. The van der Waals surface area contributed by atoms with E-state index in [9.17, 15) is 8.42 Å². The molecule has 0 aromatic heterocycles. The lowest BCUT2D eigenvalue weighted by Gasteiger charge is -2.18. The van der Waals surface area contributed by atoms with E-state index < -0.39 is 9.84 Å². The topological polar surface area (TPSA) is 72.2 Å². The first-order chi connectivity index (χ1) is 8.89. The number of hydrogen-bond donors (Lipinski definition) is 2. The van der Waals surface area contributed by atoms with Crippen LogP contribution in [0.1, 0.15) is 31.4 Å². The fourth-order valence-corrected chi connectivity index (χ4v) is 3.29. The highest BCUT2D eigenvalue weighted by Gasteiger charge is 2.15. The van der Waals surface area contributed by atoms with Crippen molar-refractivity contribution in [3.8, 4) is 0 Å². The van der Waals surface area contributed by atoms with Gasteiger partial charge in [-0.25, -0.2) is 8.42 Å². The van der Waals surface area contributed by atoms with Crippen molar-refractivity contribution in [3.05, 3.63) is 33.3 Å². The second-order valence-corrected chi connectivity index (χ2v) is 8.06. The first-order valence-corrected chi connectivity index (χ1v) is 9.00. The Bertz CT molecular complexity index is 522. The smallest absolute Gasteiger partial charge is 0.150 e. The quantitative estimate of drug-likeness (QED) is 0.572. The van der Waals surface area contributed by atoms with Crippen LogP contribution in [-0.4, -0.2) is 19.9 Å². The highest BCUT2D eigenvalue weighted by Crippen LogP contribution is 2.28. The fourth-order valence-electron chi connectivity index (χ4n) is 1.76. The van der Waals surface area contributed by atoms with Gasteiger partial charge in [0.05, 0.1) is 5.75 Å². The van der Waals surface area contributed by atoms with Crippen molar-refractivity contribution < 1.29 is 8.42 Å². The molecule has 0 aliphatic carbocycles. The number of hydrazine groups is 1. The average molecular weight is 370 g/mol. The van der Waals surface area contributed by atoms with Gasteiger partial charge in [0.1, 0.15) is 9.84 Å². The van der Waals surface area contributed by atoms with Gasteiger partial charge in [-0.05, 0) is 36.6 Å². The minimum atomic E-state index is -2.93. The van der Waals surface area contributed by atoms with Crippen LogP contribution in [0.5, 0.6) is 0 Å². The molecule has 0 saturated heterocycles. The van der Waals surface area contributed by atoms with Crippen LogP contribution >= 0.6 is 27.5 Å². The number of hydrogen-bond acceptors (Lipinski definition) is 4. The molecule has 1 unspecified atom stereocenters. The van der Waals surface area contributed by atoms with Crippen LogP contribution in [0.25, 0.3) is 0 Å². The lowest BCUT2D eigenvalue weighted by molar-refractivity contribution is 0.507. The summed E-state index contributed by atoms with van der Waals surface area (Å²) in [5, 5.41) is 0.615. The molecule has 1 aromatic rings. The molecule has 0 amide bonds. The van der Waals surface area contributed by atoms with Crippen molar-refractivity contribution in [2.75, 3.05) is 11.5 Å². The molecule has 1 rings (SSSR count). The van der Waals surface area contributed by atoms with Crippen LogP contribution in [0.4, 0.5) is 0 Å². The Labute approximate surface area is 127 Å². The molecule has 4 nitrogen and oxygen atoms in total. The van der Waals surface area contributed by atoms with Gasteiger partial charge in [-0.2, -0.15) is 0 Å². The number of rotatable bonds is 7. The fraction of sp³-hybridized carbons (Fsp3) is 0.500. The predicted molar refractivity (Wildman–Crippen MR) is 82.8 cm³/mol. The molecule has 3 N–H and O–H groups in total. The molecule has 19 heavy (non-hydrogen) atoms. The Morgan fingerprint density at radius 3 is 2.74 bits per heavy atom. The SMILES string of the molecule is CCS(=O)(=O)CCCC(NN)c1cc(Br)ccc1Cl. The first kappa shape index (κ1) is 16.9. The normalized spacial score (nSPS) is 13.5. The molecule has 0 saturated carbocycles. The molecule has 7 heteroatoms. The summed E-state index contributed by atoms with van der Waals surface area (Å²) in [6.45, 7) is 1.65. The minimum Gasteiger partial charge on any atom is -0.271 e. The zero-order valence-electron chi connectivity index (χ0n) is 10.7. The van der Waals surface area contributed by atoms with Crippen LogP contribution < -0.4 is 11.3 Å². The molecular weight excluding hydrogens is 352 g/mol. The number of nitrogens with one attached hydrogen (secondary N) is 1. The summed E-state index contributed by atoms with van der Waals surface area (Å²) in [4.78, 5) is 0. The second kappa shape index (κ2) is 7.59. The Hall–Kier alpha value is -0.140. The molecule has 0 aliphatic rings. The standard InChI is InChI=1S/C12H18BrClN2O2S/c1-2-19(17,18)7-3-4-12(16-15)10-8-9(13)5-6-11(10)14/h5-6,8,12,16H,2-4,7,15H2,1H3. The lowest BCUT2D eigenvalue weighted by atomic mass is 10.0. The van der Waals surface area contributed by atoms with E-state index in [-0.39, 0.29) is 17.5 Å². The highest BCUT2D eigenvalue weighted by atomic mass is 79.9. The van der Waals surface area contributed by atoms with Crippen LogP contribution in [0, 0.1) is 0 Å². The van der Waals surface area contributed by atoms with Gasteiger partial charge < -0.3 is 0 Å². The Morgan fingerprint density at radius 2 is 2.16 bits per heavy atom. The highest BCUT2D eigenvalue weighted by molar-refractivity contribution is 9.10. The van der Waals surface area contributed by atoms with Crippen LogP contribution in [0.3, 0.4) is 0 Å². The molecular formula is C12H18BrClN2O2S. The van der Waals surface area contributed by atoms with Crippen molar-refractivity contribution in [3.63, 3.8) is 0 Å². The second-order valence-electron chi connectivity index (χ2n) is 4.26. The Kier molecular flexibility index (Phi) is 6.76. The van der Waals surface area contributed by atoms with Gasteiger partial charge in [-0.15, -0.1) is 0 Å². The van der Waals surface area contributed by atoms with Crippen molar-refractivity contribution in [1.29, 1.82) is 0 Å². The lowest BCUT2D eigenvalue weighted by Crippen LogP contribution is -2.28. The van der Waals surface area contributed by atoms with Gasteiger partial charge >= 0.3 is 0 Å². The summed E-state index contributed by atoms with van der Waals surface area (Å²) < 4.78 is 23.8. The van der Waals surface area contributed by atoms with Gasteiger partial charge in [-0.3, -0.25) is 11.3 Å². The van der Waals surface area contributed by atoms with Crippen molar-refractivity contribution in [1.82, 2.24) is 5.43 Å². The van der Waals surface area contributed by atoms with Crippen LogP contribution in [-0.2, 0) is 9.84 Å². The van der Waals surface area contributed by atoms with Crippen molar-refractivity contribution >= 4 is 37.4 Å². The predicted octanol–water partition coefficient (Wildman–Crippen LogP) is 2.82. The third-order valence-corrected chi connectivity index (χ3v) is 5.55. The Balaban J connectivity index is 2.71. The monoisotopic (exact) mass is 368 g/mol. The zero-order valence-corrected chi connectivity index (χ0v) is 13.9. The summed E-state index contributed by atoms with van der Waals surface area (Å²) in [6, 6.07) is 5.37. The maximum Gasteiger partial charge on any atom is 0.150 e. The summed E-state index contributed by atoms with van der Waals surface area (Å²) in [5.74, 6) is 5.88. The van der Waals surface area contributed by atoms with Gasteiger partial charge in [-0.1, -0.05) is 34.5 Å². The summed E-state index contributed by atoms with van der Waals surface area (Å²) in [7, 11) is -2.93. The molecule has 0 bridgehead atoms. The molecule has 108 valence electrons. The maximum absolute atomic E-state index is 11.4. The number of halogens is 2. The largest absolute Gasteiger partial charge is 0.271 e. The summed E-state index contributed by atoms with van der Waals surface area (Å²) >= 11 is 9.51. The third kappa shape index (κ3) is 5.39. The van der Waals surface area contributed by atoms with Gasteiger partial charge in [0.15, 0.2) is 0 Å². The van der Waals surface area contributed by atoms with E-state index in [0.717, 1.165) is 10.0 Å². The van der Waals surface area contributed by atoms with Crippen LogP contribution in [0.2, 0.25) is 5.02 Å². The molecule has 1 aromatic carbocycles. The molecule has 0 aliphatic heterocycles. The van der Waals surface area contributed by atoms with E-state index >= 15 is 0 Å². The number of sulfone groups is 1. The van der Waals surface area contributed by atoms with E-state index in [1.165, 1.54) is 0 Å². The third-order valence-electron chi connectivity index (χ3n) is 2.92. The first-order valence-electron chi connectivity index (χ1n) is 6.01. The van der Waals surface area contributed by atoms with E-state index in [1.54, 1.807) is 13.0 Å². The van der Waals surface area contributed by atoms with E-state index in [0.29, 0.717) is 17.9 Å². The molecule has 0 heterocycles. The van der Waals surface area contributed by atoms with E-state index in [4.69, 9.17) is 17.4 Å². The van der Waals surface area contributed by atoms with Crippen LogP contribution in [0.15, 0.2) is 22.7 Å². The van der Waals surface area contributed by atoms with Crippen molar-refractivity contribution in [2.45, 2.75) is 25.8 Å². The summed E-state index contributed by atoms with van der Waals surface area (Å²) in [5.41, 5.74) is 3.56. The van der Waals surface area contributed by atoms with Crippen molar-refractivity contribution in [2.24, 2.45) is 5.84 Å². The average Bonchev–Trinajstić information content (AvgIpc) is 2.38. The summed E-state index contributed by atoms with van der Waals surface area (Å²) in [6.07, 6.45) is 1.17. The zero-order chi connectivity index (χ0) is 14.5. The maximum atomic E-state index is 11.4. The molecule has 1 atom stereocenters. The molecule has 0 radical (unpaired) electrons. The van der Waals surface area contributed by atoms with E-state index in [2.05, 4.69) is 21.4 Å². The molecule has 0 spiro atoms. The van der Waals surface area contributed by atoms with Gasteiger partial charge in [0.2, 0.25) is 0 Å². The molecule has 0 fully saturated rings. The van der Waals surface area contributed by atoms with Gasteiger partial charge in [0, 0.05) is 21.3 Å². The minimum absolute atomic E-state index is 0.156.